The molecule has 0 aromatic rings. The minimum absolute atomic E-state index is 0.165. The molecular formula is C71H144N8O2S6. The number of rotatable bonds is 55. The van der Waals surface area contributed by atoms with Crippen molar-refractivity contribution in [3.8, 4) is 0 Å². The maximum Gasteiger partial charge on any atom is 0.223 e. The first-order chi connectivity index (χ1) is 41.6. The molecule has 0 spiro atoms. The molecule has 2 fully saturated rings. The van der Waals surface area contributed by atoms with Gasteiger partial charge in [-0.1, -0.05) is 92.4 Å². The molecule has 2 saturated carbocycles. The van der Waals surface area contributed by atoms with Gasteiger partial charge in [-0.05, 0) is 217 Å². The average Bonchev–Trinajstić information content (AvgIpc) is 3.27. The van der Waals surface area contributed by atoms with E-state index >= 15 is 0 Å². The zero-order chi connectivity index (χ0) is 64.4. The number of unbranched alkanes of at least 4 members (excludes halogenated alkanes) is 9. The van der Waals surface area contributed by atoms with Crippen LogP contribution in [0.2, 0.25) is 0 Å². The standard InChI is InChI=1S/C71H144N8O2S6/c1-57(2)65(83-50-44-75(8)9)30-28-29-64(82-49-43-74(6)7)38-36-60-32-34-62(55-68(60)86-53-47-78(14)15)70(80)72-41-26-24-22-20-18-19-21-23-25-27-42-73-71(81)63-35-33-61(69(56-63)87-54-48-79(16)17)37-40-67(85-52-46-77(12)13)59(5)31-39-66(58(3)4)84-51-45-76(10)11/h57-69H,18-56H2,1-17H3,(H,72,80)(H,73,81). The summed E-state index contributed by atoms with van der Waals surface area (Å²) in [5.41, 5.74) is 0. The Balaban J connectivity index is 1.73. The highest BCUT2D eigenvalue weighted by Gasteiger charge is 2.36. The highest BCUT2D eigenvalue weighted by Crippen LogP contribution is 2.43. The van der Waals surface area contributed by atoms with E-state index < -0.39 is 0 Å². The normalized spacial score (nSPS) is 21.3. The lowest BCUT2D eigenvalue weighted by Gasteiger charge is -2.37. The van der Waals surface area contributed by atoms with E-state index in [0.717, 1.165) is 136 Å². The minimum Gasteiger partial charge on any atom is -0.356 e. The number of hydrogen-bond donors (Lipinski definition) is 2. The van der Waals surface area contributed by atoms with Crippen molar-refractivity contribution >= 4 is 82.4 Å². The summed E-state index contributed by atoms with van der Waals surface area (Å²) in [6.45, 7) is 20.7. The van der Waals surface area contributed by atoms with Gasteiger partial charge in [0.1, 0.15) is 0 Å². The SMILES string of the molecule is CC(C)C(CCCC(CCC1CCC(C(=O)NCCCCCCCCCCCCNC(=O)C2CCC(CCC(SCCN(C)C)C(C)CCC(SCCN(C)C)C(C)C)C(SCCN(C)C)C2)CC1SCCN(C)C)SCCN(C)C)SCCN(C)C. The number of carbonyl (C=O) groups is 2. The molecule has 516 valence electrons. The summed E-state index contributed by atoms with van der Waals surface area (Å²) < 4.78 is 0. The molecule has 0 aromatic carbocycles. The van der Waals surface area contributed by atoms with Crippen LogP contribution in [0.5, 0.6) is 0 Å². The highest BCUT2D eigenvalue weighted by molar-refractivity contribution is 8.01. The van der Waals surface area contributed by atoms with Crippen molar-refractivity contribution < 1.29 is 9.59 Å². The van der Waals surface area contributed by atoms with E-state index in [0.29, 0.717) is 39.4 Å². The first kappa shape index (κ1) is 83.9. The molecule has 11 unspecified atom stereocenters. The van der Waals surface area contributed by atoms with Crippen LogP contribution in [0.1, 0.15) is 195 Å². The van der Waals surface area contributed by atoms with Crippen molar-refractivity contribution in [1.29, 1.82) is 0 Å². The molecule has 0 radical (unpaired) electrons. The maximum atomic E-state index is 13.7. The van der Waals surface area contributed by atoms with Crippen LogP contribution in [0.4, 0.5) is 0 Å². The van der Waals surface area contributed by atoms with Crippen LogP contribution in [0.15, 0.2) is 0 Å². The van der Waals surface area contributed by atoms with Crippen LogP contribution < -0.4 is 10.6 Å². The van der Waals surface area contributed by atoms with Gasteiger partial charge in [0.2, 0.25) is 11.8 Å². The zero-order valence-corrected chi connectivity index (χ0v) is 64.9. The molecule has 2 aliphatic rings. The fourth-order valence-corrected chi connectivity index (χ4v) is 21.9. The van der Waals surface area contributed by atoms with Crippen molar-refractivity contribution in [1.82, 2.24) is 40.0 Å². The number of hydrogen-bond acceptors (Lipinski definition) is 14. The van der Waals surface area contributed by atoms with Gasteiger partial charge in [-0.3, -0.25) is 9.59 Å². The van der Waals surface area contributed by atoms with Crippen LogP contribution in [-0.4, -0.2) is 244 Å². The van der Waals surface area contributed by atoms with E-state index in [-0.39, 0.29) is 11.8 Å². The molecule has 2 aliphatic carbocycles. The zero-order valence-electron chi connectivity index (χ0n) is 60.0. The van der Waals surface area contributed by atoms with E-state index in [2.05, 4.69) is 230 Å². The largest absolute Gasteiger partial charge is 0.356 e. The van der Waals surface area contributed by atoms with E-state index in [1.807, 2.05) is 0 Å². The number of nitrogens with one attached hydrogen (secondary N) is 2. The molecule has 0 saturated heterocycles. The summed E-state index contributed by atoms with van der Waals surface area (Å²) in [6, 6.07) is 0. The van der Waals surface area contributed by atoms with Gasteiger partial charge in [-0.2, -0.15) is 70.6 Å². The monoisotopic (exact) mass is 1330 g/mol. The lowest BCUT2D eigenvalue weighted by molar-refractivity contribution is -0.126. The first-order valence-electron chi connectivity index (χ1n) is 35.7. The Morgan fingerprint density at radius 2 is 0.736 bits per heavy atom. The molecular weight excluding hydrogens is 1190 g/mol. The van der Waals surface area contributed by atoms with E-state index in [1.165, 1.54) is 145 Å². The van der Waals surface area contributed by atoms with Gasteiger partial charge in [0, 0.05) is 130 Å². The number of amides is 2. The Kier molecular flexibility index (Phi) is 50.2. The second-order valence-electron chi connectivity index (χ2n) is 29.1. The van der Waals surface area contributed by atoms with Crippen molar-refractivity contribution in [2.24, 2.45) is 41.4 Å². The summed E-state index contributed by atoms with van der Waals surface area (Å²) >= 11 is 13.2. The molecule has 10 nitrogen and oxygen atoms in total. The maximum absolute atomic E-state index is 13.7. The van der Waals surface area contributed by atoms with Gasteiger partial charge < -0.3 is 40.0 Å². The molecule has 16 heteroatoms. The fourth-order valence-electron chi connectivity index (χ4n) is 12.6. The quantitative estimate of drug-likeness (QED) is 0.0568. The average molecular weight is 1330 g/mol. The third-order valence-electron chi connectivity index (χ3n) is 18.8. The smallest absolute Gasteiger partial charge is 0.223 e. The van der Waals surface area contributed by atoms with Crippen molar-refractivity contribution in [3.63, 3.8) is 0 Å². The van der Waals surface area contributed by atoms with E-state index in [4.69, 9.17) is 0 Å². The Morgan fingerprint density at radius 1 is 0.379 bits per heavy atom. The molecule has 0 bridgehead atoms. The Morgan fingerprint density at radius 3 is 1.14 bits per heavy atom. The Bertz CT molecular complexity index is 1650. The Hall–Kier alpha value is 0.800. The lowest BCUT2D eigenvalue weighted by Crippen LogP contribution is -2.38. The van der Waals surface area contributed by atoms with Crippen LogP contribution in [0.3, 0.4) is 0 Å². The van der Waals surface area contributed by atoms with Crippen LogP contribution in [0.25, 0.3) is 0 Å². The van der Waals surface area contributed by atoms with E-state index in [9.17, 15) is 9.59 Å². The predicted octanol–water partition coefficient (Wildman–Crippen LogP) is 15.4. The summed E-state index contributed by atoms with van der Waals surface area (Å²) in [4.78, 5) is 41.3. The topological polar surface area (TPSA) is 77.6 Å². The third kappa shape index (κ3) is 42.8. The minimum atomic E-state index is 0.165. The Labute approximate surface area is 567 Å². The van der Waals surface area contributed by atoms with Gasteiger partial charge in [0.15, 0.2) is 0 Å². The third-order valence-corrected chi connectivity index (χ3v) is 27.8. The summed E-state index contributed by atoms with van der Waals surface area (Å²) in [5.74, 6) is 11.8. The van der Waals surface area contributed by atoms with Gasteiger partial charge in [-0.25, -0.2) is 0 Å². The van der Waals surface area contributed by atoms with E-state index in [1.54, 1.807) is 0 Å². The van der Waals surface area contributed by atoms with Crippen molar-refractivity contribution in [2.45, 2.75) is 227 Å². The lowest BCUT2D eigenvalue weighted by atomic mass is 9.78. The molecule has 0 aliphatic heterocycles. The van der Waals surface area contributed by atoms with Crippen molar-refractivity contribution in [3.05, 3.63) is 0 Å². The first-order valence-corrected chi connectivity index (χ1v) is 42.0. The van der Waals surface area contributed by atoms with Gasteiger partial charge in [0.05, 0.1) is 0 Å². The number of nitrogens with zero attached hydrogens (tertiary/aromatic N) is 6. The second-order valence-corrected chi connectivity index (χ2v) is 37.3. The fraction of sp³-hybridized carbons (Fsp3) is 0.972. The summed E-state index contributed by atoms with van der Waals surface area (Å²) in [6.07, 6.45) is 30.9. The van der Waals surface area contributed by atoms with Crippen LogP contribution >= 0.6 is 70.6 Å². The van der Waals surface area contributed by atoms with Gasteiger partial charge in [-0.15, -0.1) is 0 Å². The summed E-state index contributed by atoms with van der Waals surface area (Å²) in [7, 11) is 26.4. The molecule has 0 heterocycles. The predicted molar refractivity (Wildman–Crippen MR) is 403 cm³/mol. The molecule has 2 rings (SSSR count). The molecule has 2 amide bonds. The van der Waals surface area contributed by atoms with Gasteiger partial charge >= 0.3 is 0 Å². The van der Waals surface area contributed by atoms with Crippen molar-refractivity contribution in [2.75, 3.05) is 171 Å². The van der Waals surface area contributed by atoms with Crippen LogP contribution in [-0.2, 0) is 9.59 Å². The van der Waals surface area contributed by atoms with Gasteiger partial charge in [0.25, 0.3) is 0 Å². The van der Waals surface area contributed by atoms with Crippen LogP contribution in [0, 0.1) is 41.4 Å². The molecule has 87 heavy (non-hydrogen) atoms. The number of thioether (sulfide) groups is 6. The molecule has 2 N–H and O–H groups in total. The summed E-state index contributed by atoms with van der Waals surface area (Å²) in [5, 5.41) is 10.9. The number of carbonyl (C=O) groups excluding carboxylic acids is 2. The highest BCUT2D eigenvalue weighted by atomic mass is 32.2. The molecule has 0 aromatic heterocycles. The second kappa shape index (κ2) is 52.0. The molecule has 11 atom stereocenters.